The molecule has 0 heterocycles. The number of aliphatic hydroxyl groups excluding tert-OH is 1. The molecule has 0 radical (unpaired) electrons. The van der Waals surface area contributed by atoms with Crippen LogP contribution in [-0.2, 0) is 5.54 Å². The van der Waals surface area contributed by atoms with E-state index in [2.05, 4.69) is 5.32 Å². The van der Waals surface area contributed by atoms with Crippen LogP contribution in [0.2, 0.25) is 0 Å². The predicted molar refractivity (Wildman–Crippen MR) is 118 cm³/mol. The van der Waals surface area contributed by atoms with Crippen molar-refractivity contribution in [3.05, 3.63) is 108 Å². The zero-order chi connectivity index (χ0) is 22.5. The summed E-state index contributed by atoms with van der Waals surface area (Å²) in [5.41, 5.74) is 1.33. The lowest BCUT2D eigenvalue weighted by Crippen LogP contribution is -2.57. The van der Waals surface area contributed by atoms with Crippen molar-refractivity contribution in [2.75, 3.05) is 0 Å². The Labute approximate surface area is 181 Å². The third-order valence-corrected chi connectivity index (χ3v) is 5.46. The lowest BCUT2D eigenvalue weighted by molar-refractivity contribution is -0.214. The number of benzene rings is 3. The molecule has 0 aliphatic heterocycles. The minimum absolute atomic E-state index is 0.0467. The van der Waals surface area contributed by atoms with Crippen molar-refractivity contribution in [2.45, 2.75) is 44.1 Å². The van der Waals surface area contributed by atoms with Crippen LogP contribution in [0, 0.1) is 5.92 Å². The summed E-state index contributed by atoms with van der Waals surface area (Å²) >= 11 is 0. The smallest absolute Gasteiger partial charge is 0.382 e. The summed E-state index contributed by atoms with van der Waals surface area (Å²) in [7, 11) is 0. The first-order valence-corrected chi connectivity index (χ1v) is 10.4. The van der Waals surface area contributed by atoms with Gasteiger partial charge < -0.3 is 5.11 Å². The van der Waals surface area contributed by atoms with Gasteiger partial charge >= 0.3 is 6.18 Å². The highest BCUT2D eigenvalue weighted by atomic mass is 19.4. The van der Waals surface area contributed by atoms with Crippen LogP contribution in [0.15, 0.2) is 91.0 Å². The van der Waals surface area contributed by atoms with Crippen molar-refractivity contribution in [1.29, 1.82) is 0 Å². The van der Waals surface area contributed by atoms with Gasteiger partial charge in [-0.3, -0.25) is 5.32 Å². The van der Waals surface area contributed by atoms with Gasteiger partial charge in [0.05, 0.1) is 5.54 Å². The van der Waals surface area contributed by atoms with Crippen LogP contribution in [0.1, 0.15) is 37.0 Å². The van der Waals surface area contributed by atoms with Crippen LogP contribution in [0.4, 0.5) is 13.2 Å². The van der Waals surface area contributed by atoms with Gasteiger partial charge in [0, 0.05) is 6.04 Å². The van der Waals surface area contributed by atoms with Crippen molar-refractivity contribution in [3.63, 3.8) is 0 Å². The second kappa shape index (κ2) is 9.67. The molecule has 164 valence electrons. The zero-order valence-electron chi connectivity index (χ0n) is 17.7. The molecule has 0 saturated heterocycles. The fourth-order valence-electron chi connectivity index (χ4n) is 4.10. The number of hydrogen-bond acceptors (Lipinski definition) is 2. The molecule has 3 aromatic carbocycles. The highest BCUT2D eigenvalue weighted by molar-refractivity contribution is 5.49. The van der Waals surface area contributed by atoms with E-state index >= 15 is 0 Å². The quantitative estimate of drug-likeness (QED) is 0.438. The number of aliphatic hydroxyl groups is 1. The third kappa shape index (κ3) is 5.17. The number of nitrogens with one attached hydrogen (secondary N) is 1. The highest BCUT2D eigenvalue weighted by Gasteiger charge is 2.47. The lowest BCUT2D eigenvalue weighted by Gasteiger charge is -2.42. The average molecular weight is 428 g/mol. The number of hydrogen-bond donors (Lipinski definition) is 2. The van der Waals surface area contributed by atoms with Gasteiger partial charge in [-0.1, -0.05) is 105 Å². The molecular weight excluding hydrogens is 399 g/mol. The molecule has 3 rings (SSSR count). The molecule has 3 aromatic rings. The van der Waals surface area contributed by atoms with Crippen molar-refractivity contribution >= 4 is 0 Å². The van der Waals surface area contributed by atoms with Gasteiger partial charge in [-0.15, -0.1) is 0 Å². The van der Waals surface area contributed by atoms with Crippen molar-refractivity contribution in [1.82, 2.24) is 5.32 Å². The van der Waals surface area contributed by atoms with E-state index in [1.807, 2.05) is 105 Å². The van der Waals surface area contributed by atoms with E-state index in [4.69, 9.17) is 0 Å². The SMILES string of the molecule is CC(C)CC(NC(c1ccccc1)(c1ccccc1)c1ccccc1)C(O)C(F)(F)F. The number of alkyl halides is 3. The topological polar surface area (TPSA) is 32.3 Å². The first kappa shape index (κ1) is 23.0. The van der Waals surface area contributed by atoms with Crippen LogP contribution in [0.5, 0.6) is 0 Å². The normalized spacial score (nSPS) is 14.4. The molecule has 31 heavy (non-hydrogen) atoms. The van der Waals surface area contributed by atoms with Crippen molar-refractivity contribution < 1.29 is 18.3 Å². The molecule has 0 aliphatic rings. The summed E-state index contributed by atoms with van der Waals surface area (Å²) in [4.78, 5) is 0. The molecular formula is C26H28F3NO. The van der Waals surface area contributed by atoms with E-state index in [9.17, 15) is 18.3 Å². The predicted octanol–water partition coefficient (Wildman–Crippen LogP) is 5.91. The molecule has 2 N–H and O–H groups in total. The molecule has 0 fully saturated rings. The standard InChI is InChI=1S/C26H28F3NO/c1-19(2)18-23(24(31)26(27,28)29)30-25(20-12-6-3-7-13-20,21-14-8-4-9-15-21)22-16-10-5-11-17-22/h3-17,19,23-24,30-31H,18H2,1-2H3. The maximum absolute atomic E-state index is 13.6. The summed E-state index contributed by atoms with van der Waals surface area (Å²) in [6.45, 7) is 3.71. The average Bonchev–Trinajstić information content (AvgIpc) is 2.77. The Kier molecular flexibility index (Phi) is 7.19. The van der Waals surface area contributed by atoms with E-state index in [0.29, 0.717) is 0 Å². The van der Waals surface area contributed by atoms with Crippen LogP contribution in [-0.4, -0.2) is 23.4 Å². The summed E-state index contributed by atoms with van der Waals surface area (Å²) in [6, 6.07) is 27.1. The van der Waals surface area contributed by atoms with Gasteiger partial charge in [0.15, 0.2) is 6.10 Å². The Bertz CT molecular complexity index is 830. The zero-order valence-corrected chi connectivity index (χ0v) is 17.7. The van der Waals surface area contributed by atoms with Crippen LogP contribution >= 0.6 is 0 Å². The van der Waals surface area contributed by atoms with E-state index < -0.39 is 23.9 Å². The Morgan fingerprint density at radius 1 is 0.710 bits per heavy atom. The molecule has 5 heteroatoms. The van der Waals surface area contributed by atoms with E-state index in [1.54, 1.807) is 0 Å². The van der Waals surface area contributed by atoms with Gasteiger partial charge in [0.2, 0.25) is 0 Å². The van der Waals surface area contributed by atoms with E-state index in [-0.39, 0.29) is 12.3 Å². The van der Waals surface area contributed by atoms with Crippen LogP contribution in [0.25, 0.3) is 0 Å². The summed E-state index contributed by atoms with van der Waals surface area (Å²) < 4.78 is 40.9. The largest absolute Gasteiger partial charge is 0.415 e. The van der Waals surface area contributed by atoms with E-state index in [0.717, 1.165) is 16.7 Å². The Morgan fingerprint density at radius 3 is 1.35 bits per heavy atom. The minimum Gasteiger partial charge on any atom is -0.382 e. The summed E-state index contributed by atoms with van der Waals surface area (Å²) in [6.07, 6.45) is -7.07. The Balaban J connectivity index is 2.26. The number of halogens is 3. The fourth-order valence-corrected chi connectivity index (χ4v) is 4.10. The van der Waals surface area contributed by atoms with Gasteiger partial charge in [-0.25, -0.2) is 0 Å². The van der Waals surface area contributed by atoms with E-state index in [1.165, 1.54) is 0 Å². The molecule has 0 aromatic heterocycles. The Morgan fingerprint density at radius 2 is 1.06 bits per heavy atom. The monoisotopic (exact) mass is 427 g/mol. The molecule has 0 aliphatic carbocycles. The van der Waals surface area contributed by atoms with Crippen molar-refractivity contribution in [2.24, 2.45) is 5.92 Å². The van der Waals surface area contributed by atoms with Gasteiger partial charge in [-0.05, 0) is 29.0 Å². The fraction of sp³-hybridized carbons (Fsp3) is 0.308. The summed E-state index contributed by atoms with van der Waals surface area (Å²) in [5.74, 6) is -0.0467. The van der Waals surface area contributed by atoms with Gasteiger partial charge in [-0.2, -0.15) is 13.2 Å². The minimum atomic E-state index is -4.73. The van der Waals surface area contributed by atoms with Crippen LogP contribution < -0.4 is 5.32 Å². The summed E-state index contributed by atoms with van der Waals surface area (Å²) in [5, 5.41) is 13.6. The lowest BCUT2D eigenvalue weighted by atomic mass is 9.75. The maximum atomic E-state index is 13.6. The first-order valence-electron chi connectivity index (χ1n) is 10.4. The van der Waals surface area contributed by atoms with Crippen LogP contribution in [0.3, 0.4) is 0 Å². The second-order valence-corrected chi connectivity index (χ2v) is 8.21. The maximum Gasteiger partial charge on any atom is 0.415 e. The molecule has 2 atom stereocenters. The van der Waals surface area contributed by atoms with Crippen molar-refractivity contribution in [3.8, 4) is 0 Å². The molecule has 0 spiro atoms. The molecule has 0 bridgehead atoms. The number of rotatable bonds is 8. The molecule has 0 amide bonds. The van der Waals surface area contributed by atoms with Gasteiger partial charge in [0.1, 0.15) is 0 Å². The molecule has 2 unspecified atom stereocenters. The highest BCUT2D eigenvalue weighted by Crippen LogP contribution is 2.39. The van der Waals surface area contributed by atoms with Gasteiger partial charge in [0.25, 0.3) is 0 Å². The second-order valence-electron chi connectivity index (χ2n) is 8.21. The Hall–Kier alpha value is -2.63. The third-order valence-electron chi connectivity index (χ3n) is 5.46. The first-order chi connectivity index (χ1) is 14.7. The molecule has 2 nitrogen and oxygen atoms in total. The molecule has 0 saturated carbocycles.